The van der Waals surface area contributed by atoms with Gasteiger partial charge in [0, 0.05) is 5.92 Å². The summed E-state index contributed by atoms with van der Waals surface area (Å²) in [5.74, 6) is -0.986. The van der Waals surface area contributed by atoms with Gasteiger partial charge < -0.3 is 20.5 Å². The molecule has 1 aliphatic carbocycles. The second-order valence-corrected chi connectivity index (χ2v) is 10.8. The molecule has 0 saturated carbocycles. The summed E-state index contributed by atoms with van der Waals surface area (Å²) >= 11 is 1.52. The summed E-state index contributed by atoms with van der Waals surface area (Å²) in [4.78, 5) is 37.4. The second kappa shape index (κ2) is 10.7. The lowest BCUT2D eigenvalue weighted by Gasteiger charge is -2.41. The van der Waals surface area contributed by atoms with Gasteiger partial charge in [0.1, 0.15) is 12.6 Å². The Bertz CT molecular complexity index is 1050. The molecule has 0 radical (unpaired) electrons. The van der Waals surface area contributed by atoms with Crippen LogP contribution in [0.15, 0.2) is 48.5 Å². The summed E-state index contributed by atoms with van der Waals surface area (Å²) in [6.07, 6.45) is 1.57. The van der Waals surface area contributed by atoms with Crippen LogP contribution in [0, 0.1) is 5.41 Å². The lowest BCUT2D eigenvalue weighted by Crippen LogP contribution is -2.61. The molecule has 2 aromatic rings. The molecular weight excluding hydrogens is 464 g/mol. The first kappa shape index (κ1) is 26.6. The standard InChI is InChI=1S/C27H34N2O5S/c1-26(2,24(32)28-22(23(30)31)14-15-35-5)27(3,4)29-25(33)34-16-21-19-12-8-6-10-17(19)18-11-7-9-13-20(18)21/h6-13,21-22H,14-16H2,1-5H3,(H,28,32)(H,29,33)(H,30,31)/t22-/m0/s1. The van der Waals surface area contributed by atoms with Crippen LogP contribution in [-0.2, 0) is 14.3 Å². The molecule has 0 saturated heterocycles. The van der Waals surface area contributed by atoms with Crippen LogP contribution < -0.4 is 10.6 Å². The predicted molar refractivity (Wildman–Crippen MR) is 139 cm³/mol. The highest BCUT2D eigenvalue weighted by molar-refractivity contribution is 7.98. The van der Waals surface area contributed by atoms with Gasteiger partial charge in [-0.05, 0) is 68.4 Å². The number of carboxylic acid groups (broad SMARTS) is 1. The van der Waals surface area contributed by atoms with Crippen molar-refractivity contribution in [2.24, 2.45) is 5.41 Å². The van der Waals surface area contributed by atoms with Gasteiger partial charge in [-0.3, -0.25) is 4.79 Å². The van der Waals surface area contributed by atoms with E-state index in [1.54, 1.807) is 27.7 Å². The summed E-state index contributed by atoms with van der Waals surface area (Å²) < 4.78 is 5.64. The zero-order valence-corrected chi connectivity index (χ0v) is 21.7. The molecule has 3 rings (SSSR count). The van der Waals surface area contributed by atoms with Gasteiger partial charge in [-0.25, -0.2) is 9.59 Å². The van der Waals surface area contributed by atoms with E-state index < -0.39 is 35.0 Å². The summed E-state index contributed by atoms with van der Waals surface area (Å²) in [6.45, 7) is 6.98. The number of ether oxygens (including phenoxy) is 1. The van der Waals surface area contributed by atoms with Gasteiger partial charge in [0.15, 0.2) is 0 Å². The van der Waals surface area contributed by atoms with Crippen LogP contribution in [0.4, 0.5) is 4.79 Å². The molecule has 3 N–H and O–H groups in total. The van der Waals surface area contributed by atoms with Crippen molar-refractivity contribution in [3.63, 3.8) is 0 Å². The number of amides is 2. The largest absolute Gasteiger partial charge is 0.480 e. The topological polar surface area (TPSA) is 105 Å². The molecule has 0 fully saturated rings. The molecule has 188 valence electrons. The molecule has 35 heavy (non-hydrogen) atoms. The molecule has 2 amide bonds. The van der Waals surface area contributed by atoms with E-state index in [4.69, 9.17) is 4.74 Å². The lowest BCUT2D eigenvalue weighted by molar-refractivity contribution is -0.144. The SMILES string of the molecule is CSCC[C@H](NC(=O)C(C)(C)C(C)(C)NC(=O)OCC1c2ccccc2-c2ccccc21)C(=O)O. The molecule has 8 heteroatoms. The second-order valence-electron chi connectivity index (χ2n) is 9.85. The van der Waals surface area contributed by atoms with Gasteiger partial charge in [0.2, 0.25) is 5.91 Å². The Morgan fingerprint density at radius 3 is 2.06 bits per heavy atom. The number of benzene rings is 2. The number of fused-ring (bicyclic) bond motifs is 3. The highest BCUT2D eigenvalue weighted by atomic mass is 32.2. The molecule has 0 spiro atoms. The predicted octanol–water partition coefficient (Wildman–Crippen LogP) is 4.65. The maximum Gasteiger partial charge on any atom is 0.407 e. The minimum absolute atomic E-state index is 0.0691. The van der Waals surface area contributed by atoms with E-state index in [-0.39, 0.29) is 12.5 Å². The van der Waals surface area contributed by atoms with Gasteiger partial charge in [-0.15, -0.1) is 0 Å². The first-order valence-electron chi connectivity index (χ1n) is 11.7. The average molecular weight is 499 g/mol. The Hall–Kier alpha value is -3.00. The van der Waals surface area contributed by atoms with E-state index in [1.165, 1.54) is 11.8 Å². The fraction of sp³-hybridized carbons (Fsp3) is 0.444. The van der Waals surface area contributed by atoms with Crippen molar-refractivity contribution in [3.8, 4) is 11.1 Å². The number of nitrogens with one attached hydrogen (secondary N) is 2. The van der Waals surface area contributed by atoms with E-state index in [0.717, 1.165) is 22.3 Å². The van der Waals surface area contributed by atoms with E-state index in [0.29, 0.717) is 12.2 Å². The van der Waals surface area contributed by atoms with Crippen LogP contribution in [-0.4, -0.2) is 53.3 Å². The average Bonchev–Trinajstić information content (AvgIpc) is 3.13. The van der Waals surface area contributed by atoms with Crippen LogP contribution in [0.3, 0.4) is 0 Å². The minimum atomic E-state index is -1.11. The molecule has 0 heterocycles. The van der Waals surface area contributed by atoms with Gasteiger partial charge in [0.25, 0.3) is 0 Å². The molecule has 1 aliphatic rings. The number of thioether (sulfide) groups is 1. The highest BCUT2D eigenvalue weighted by Gasteiger charge is 2.45. The van der Waals surface area contributed by atoms with Gasteiger partial charge >= 0.3 is 12.1 Å². The van der Waals surface area contributed by atoms with Crippen molar-refractivity contribution in [1.29, 1.82) is 0 Å². The van der Waals surface area contributed by atoms with E-state index in [2.05, 4.69) is 34.9 Å². The number of rotatable bonds is 10. The quantitative estimate of drug-likeness (QED) is 0.440. The molecule has 2 aromatic carbocycles. The van der Waals surface area contributed by atoms with Crippen molar-refractivity contribution < 1.29 is 24.2 Å². The van der Waals surface area contributed by atoms with Crippen molar-refractivity contribution in [3.05, 3.63) is 59.7 Å². The highest BCUT2D eigenvalue weighted by Crippen LogP contribution is 2.44. The first-order valence-corrected chi connectivity index (χ1v) is 13.0. The molecular formula is C27H34N2O5S. The fourth-order valence-corrected chi connectivity index (χ4v) is 4.63. The zero-order valence-electron chi connectivity index (χ0n) is 20.9. The van der Waals surface area contributed by atoms with E-state index >= 15 is 0 Å². The zero-order chi connectivity index (χ0) is 25.8. The Balaban J connectivity index is 1.66. The van der Waals surface area contributed by atoms with Gasteiger partial charge in [-0.1, -0.05) is 48.5 Å². The molecule has 0 aliphatic heterocycles. The number of hydrogen-bond donors (Lipinski definition) is 3. The molecule has 0 bridgehead atoms. The number of alkyl carbamates (subject to hydrolysis) is 1. The van der Waals surface area contributed by atoms with E-state index in [9.17, 15) is 19.5 Å². The van der Waals surface area contributed by atoms with Crippen molar-refractivity contribution in [2.45, 2.75) is 51.6 Å². The van der Waals surface area contributed by atoms with Crippen LogP contribution in [0.25, 0.3) is 11.1 Å². The first-order chi connectivity index (χ1) is 16.5. The minimum Gasteiger partial charge on any atom is -0.480 e. The van der Waals surface area contributed by atoms with Crippen LogP contribution >= 0.6 is 11.8 Å². The number of carbonyl (C=O) groups is 3. The lowest BCUT2D eigenvalue weighted by atomic mass is 9.73. The number of hydrogen-bond acceptors (Lipinski definition) is 5. The Labute approximate surface area is 211 Å². The molecule has 0 unspecified atom stereocenters. The van der Waals surface area contributed by atoms with E-state index in [1.807, 2.05) is 30.5 Å². The van der Waals surface area contributed by atoms with Crippen LogP contribution in [0.5, 0.6) is 0 Å². The summed E-state index contributed by atoms with van der Waals surface area (Å²) in [5.41, 5.74) is 2.40. The third-order valence-electron chi connectivity index (χ3n) is 7.10. The van der Waals surface area contributed by atoms with Crippen molar-refractivity contribution in [2.75, 3.05) is 18.6 Å². The Morgan fingerprint density at radius 2 is 1.54 bits per heavy atom. The number of aliphatic carboxylic acids is 1. The maximum absolute atomic E-state index is 13.0. The summed E-state index contributed by atoms with van der Waals surface area (Å²) in [5, 5.41) is 14.9. The maximum atomic E-state index is 13.0. The molecule has 7 nitrogen and oxygen atoms in total. The van der Waals surface area contributed by atoms with Crippen LogP contribution in [0.2, 0.25) is 0 Å². The number of carboxylic acids is 1. The summed E-state index contributed by atoms with van der Waals surface area (Å²) in [6, 6.07) is 15.2. The normalized spacial score (nSPS) is 14.0. The Morgan fingerprint density at radius 1 is 1.00 bits per heavy atom. The Kier molecular flexibility index (Phi) is 8.15. The third-order valence-corrected chi connectivity index (χ3v) is 7.75. The van der Waals surface area contributed by atoms with Gasteiger partial charge in [-0.2, -0.15) is 11.8 Å². The number of carbonyl (C=O) groups excluding carboxylic acids is 2. The van der Waals surface area contributed by atoms with Crippen LogP contribution in [0.1, 0.15) is 51.2 Å². The summed E-state index contributed by atoms with van der Waals surface area (Å²) in [7, 11) is 0. The fourth-order valence-electron chi connectivity index (χ4n) is 4.16. The molecule has 0 aromatic heterocycles. The van der Waals surface area contributed by atoms with Crippen molar-refractivity contribution >= 4 is 29.7 Å². The third kappa shape index (κ3) is 5.64. The van der Waals surface area contributed by atoms with Gasteiger partial charge in [0.05, 0.1) is 11.0 Å². The van der Waals surface area contributed by atoms with Crippen molar-refractivity contribution in [1.82, 2.24) is 10.6 Å². The smallest absolute Gasteiger partial charge is 0.407 e. The monoisotopic (exact) mass is 498 g/mol. The molecule has 1 atom stereocenters.